The van der Waals surface area contributed by atoms with E-state index in [9.17, 15) is 14.4 Å². The average Bonchev–Trinajstić information content (AvgIpc) is 2.62. The van der Waals surface area contributed by atoms with E-state index < -0.39 is 18.0 Å². The van der Waals surface area contributed by atoms with Gasteiger partial charge in [0.2, 0.25) is 0 Å². The minimum atomic E-state index is -0.673. The summed E-state index contributed by atoms with van der Waals surface area (Å²) in [4.78, 5) is 36.2. The van der Waals surface area contributed by atoms with Gasteiger partial charge in [0.05, 0.1) is 30.6 Å². The topological polar surface area (TPSA) is 93.7 Å². The highest BCUT2D eigenvalue weighted by Crippen LogP contribution is 2.29. The first-order valence-electron chi connectivity index (χ1n) is 8.42. The molecule has 2 N–H and O–H groups in total. The van der Waals surface area contributed by atoms with Crippen LogP contribution in [-0.4, -0.2) is 42.7 Å². The van der Waals surface area contributed by atoms with Gasteiger partial charge in [0, 0.05) is 16.5 Å². The summed E-state index contributed by atoms with van der Waals surface area (Å²) in [5.41, 5.74) is 1.41. The van der Waals surface area contributed by atoms with Crippen LogP contribution in [0.25, 0.3) is 0 Å². The molecule has 0 aliphatic carbocycles. The third-order valence-corrected chi connectivity index (χ3v) is 4.81. The van der Waals surface area contributed by atoms with Gasteiger partial charge in [0.15, 0.2) is 0 Å². The number of benzene rings is 1. The highest BCUT2D eigenvalue weighted by Gasteiger charge is 2.33. The van der Waals surface area contributed by atoms with Crippen LogP contribution in [0.5, 0.6) is 0 Å². The molecule has 0 fully saturated rings. The van der Waals surface area contributed by atoms with E-state index in [4.69, 9.17) is 21.1 Å². The summed E-state index contributed by atoms with van der Waals surface area (Å²) in [6, 6.07) is 5.73. The zero-order valence-corrected chi connectivity index (χ0v) is 16.6. The second-order valence-corrected chi connectivity index (χ2v) is 6.92. The molecular weight excluding hydrogens is 392 g/mol. The Hall–Kier alpha value is -2.19. The van der Waals surface area contributed by atoms with Crippen LogP contribution in [0.1, 0.15) is 25.5 Å². The number of halogens is 1. The highest BCUT2D eigenvalue weighted by molar-refractivity contribution is 8.00. The van der Waals surface area contributed by atoms with Crippen LogP contribution in [0.3, 0.4) is 0 Å². The Morgan fingerprint density at radius 1 is 1.15 bits per heavy atom. The molecule has 1 heterocycles. The van der Waals surface area contributed by atoms with Gasteiger partial charge in [-0.25, -0.2) is 9.59 Å². The van der Waals surface area contributed by atoms with E-state index in [1.807, 2.05) is 0 Å². The molecule has 0 aromatic heterocycles. The van der Waals surface area contributed by atoms with Crippen molar-refractivity contribution < 1.29 is 23.9 Å². The fourth-order valence-electron chi connectivity index (χ4n) is 2.53. The summed E-state index contributed by atoms with van der Waals surface area (Å²) in [6.45, 7) is 3.94. The molecule has 1 aliphatic heterocycles. The second-order valence-electron chi connectivity index (χ2n) is 5.49. The van der Waals surface area contributed by atoms with Crippen LogP contribution in [0.4, 0.5) is 4.79 Å². The number of esters is 2. The number of hydrogen-bond donors (Lipinski definition) is 2. The third kappa shape index (κ3) is 5.90. The van der Waals surface area contributed by atoms with E-state index >= 15 is 0 Å². The summed E-state index contributed by atoms with van der Waals surface area (Å²) in [5, 5.41) is 5.94. The van der Waals surface area contributed by atoms with Crippen LogP contribution < -0.4 is 10.6 Å². The first-order valence-corrected chi connectivity index (χ1v) is 9.96. The zero-order valence-electron chi connectivity index (χ0n) is 15.0. The van der Waals surface area contributed by atoms with Crippen LogP contribution >= 0.6 is 23.4 Å². The number of carbonyl (C=O) groups is 3. The maximum atomic E-state index is 12.6. The molecular formula is C18H21ClN2O5S. The molecule has 2 amide bonds. The summed E-state index contributed by atoms with van der Waals surface area (Å²) in [7, 11) is 0. The van der Waals surface area contributed by atoms with Crippen LogP contribution in [0.2, 0.25) is 5.02 Å². The van der Waals surface area contributed by atoms with Crippen molar-refractivity contribution in [2.75, 3.05) is 24.7 Å². The van der Waals surface area contributed by atoms with Gasteiger partial charge in [-0.15, -0.1) is 11.8 Å². The molecule has 1 aliphatic rings. The standard InChI is InChI=1S/C18H21ClN2O5S/c1-3-25-14(22)10-27-9-13-15(17(23)26-4-2)16(21-18(24)20-13)11-5-7-12(19)8-6-11/h5-8,16H,3-4,9-10H2,1-2H3,(H2,20,21,24)/t16-/m0/s1. The van der Waals surface area contributed by atoms with Crippen molar-refractivity contribution >= 4 is 41.3 Å². The Morgan fingerprint density at radius 2 is 1.81 bits per heavy atom. The molecule has 27 heavy (non-hydrogen) atoms. The van der Waals surface area contributed by atoms with Crippen molar-refractivity contribution in [2.45, 2.75) is 19.9 Å². The molecule has 1 aromatic rings. The normalized spacial score (nSPS) is 16.4. The lowest BCUT2D eigenvalue weighted by molar-refractivity contribution is -0.140. The van der Waals surface area contributed by atoms with Gasteiger partial charge in [0.25, 0.3) is 0 Å². The van der Waals surface area contributed by atoms with Gasteiger partial charge < -0.3 is 20.1 Å². The minimum absolute atomic E-state index is 0.113. The number of urea groups is 1. The summed E-state index contributed by atoms with van der Waals surface area (Å²) in [6.07, 6.45) is 0. The molecule has 0 saturated heterocycles. The largest absolute Gasteiger partial charge is 0.465 e. The van der Waals surface area contributed by atoms with Crippen molar-refractivity contribution in [3.8, 4) is 0 Å². The van der Waals surface area contributed by atoms with Gasteiger partial charge >= 0.3 is 18.0 Å². The lowest BCUT2D eigenvalue weighted by atomic mass is 9.95. The fourth-order valence-corrected chi connectivity index (χ4v) is 3.44. The van der Waals surface area contributed by atoms with Gasteiger partial charge in [-0.05, 0) is 31.5 Å². The molecule has 9 heteroatoms. The van der Waals surface area contributed by atoms with E-state index in [1.54, 1.807) is 38.1 Å². The van der Waals surface area contributed by atoms with E-state index in [0.717, 1.165) is 0 Å². The second kappa shape index (κ2) is 10.2. The third-order valence-electron chi connectivity index (χ3n) is 3.62. The smallest absolute Gasteiger partial charge is 0.338 e. The number of amides is 2. The quantitative estimate of drug-likeness (QED) is 0.638. The molecule has 1 atom stereocenters. The van der Waals surface area contributed by atoms with Crippen molar-refractivity contribution in [2.24, 2.45) is 0 Å². The summed E-state index contributed by atoms with van der Waals surface area (Å²) < 4.78 is 10.1. The van der Waals surface area contributed by atoms with Crippen LogP contribution in [0.15, 0.2) is 35.5 Å². The molecule has 0 bridgehead atoms. The molecule has 1 aromatic carbocycles. The summed E-state index contributed by atoms with van der Waals surface area (Å²) in [5.74, 6) is -0.515. The van der Waals surface area contributed by atoms with Crippen molar-refractivity contribution in [3.63, 3.8) is 0 Å². The van der Waals surface area contributed by atoms with Crippen molar-refractivity contribution in [1.82, 2.24) is 10.6 Å². The maximum absolute atomic E-state index is 12.6. The molecule has 0 spiro atoms. The van der Waals surface area contributed by atoms with Gasteiger partial charge in [-0.1, -0.05) is 23.7 Å². The Labute approximate surface area is 166 Å². The first-order chi connectivity index (χ1) is 13.0. The van der Waals surface area contributed by atoms with Crippen molar-refractivity contribution in [1.29, 1.82) is 0 Å². The van der Waals surface area contributed by atoms with Gasteiger partial charge in [0.1, 0.15) is 0 Å². The van der Waals surface area contributed by atoms with Gasteiger partial charge in [-0.3, -0.25) is 4.79 Å². The number of rotatable bonds is 8. The number of nitrogens with one attached hydrogen (secondary N) is 2. The Morgan fingerprint density at radius 3 is 2.44 bits per heavy atom. The molecule has 0 unspecified atom stereocenters. The number of thioether (sulfide) groups is 1. The number of hydrogen-bond acceptors (Lipinski definition) is 6. The lowest BCUT2D eigenvalue weighted by Crippen LogP contribution is -2.46. The van der Waals surface area contributed by atoms with E-state index in [1.165, 1.54) is 11.8 Å². The Bertz CT molecular complexity index is 736. The monoisotopic (exact) mass is 412 g/mol. The van der Waals surface area contributed by atoms with Crippen molar-refractivity contribution in [3.05, 3.63) is 46.1 Å². The molecule has 0 saturated carbocycles. The van der Waals surface area contributed by atoms with E-state index in [-0.39, 0.29) is 24.1 Å². The molecule has 146 valence electrons. The summed E-state index contributed by atoms with van der Waals surface area (Å²) >= 11 is 7.17. The Kier molecular flexibility index (Phi) is 7.99. The SMILES string of the molecule is CCOC(=O)CSCC1=C(C(=O)OCC)[C@H](c2ccc(Cl)cc2)NC(=O)N1. The first kappa shape index (κ1) is 21.1. The number of ether oxygens (including phenoxy) is 2. The fraction of sp³-hybridized carbons (Fsp3) is 0.389. The molecule has 0 radical (unpaired) electrons. The number of carbonyl (C=O) groups excluding carboxylic acids is 3. The zero-order chi connectivity index (χ0) is 19.8. The van der Waals surface area contributed by atoms with Gasteiger partial charge in [-0.2, -0.15) is 0 Å². The predicted octanol–water partition coefficient (Wildman–Crippen LogP) is 2.81. The van der Waals surface area contributed by atoms with Crippen LogP contribution in [-0.2, 0) is 19.1 Å². The highest BCUT2D eigenvalue weighted by atomic mass is 35.5. The average molecular weight is 413 g/mol. The van der Waals surface area contributed by atoms with E-state index in [2.05, 4.69) is 10.6 Å². The van der Waals surface area contributed by atoms with Crippen LogP contribution in [0, 0.1) is 0 Å². The molecule has 2 rings (SSSR count). The predicted molar refractivity (Wildman–Crippen MR) is 103 cm³/mol. The maximum Gasteiger partial charge on any atom is 0.338 e. The molecule has 7 nitrogen and oxygen atoms in total. The lowest BCUT2D eigenvalue weighted by Gasteiger charge is -2.29. The minimum Gasteiger partial charge on any atom is -0.465 e. The van der Waals surface area contributed by atoms with E-state index in [0.29, 0.717) is 28.5 Å². The Balaban J connectivity index is 2.30.